The number of amides is 1. The Labute approximate surface area is 130 Å². The smallest absolute Gasteiger partial charge is 0.305 e. The fraction of sp³-hybridized carbons (Fsp3) is 0.500. The van der Waals surface area contributed by atoms with Crippen molar-refractivity contribution in [2.45, 2.75) is 32.9 Å². The molecule has 0 bridgehead atoms. The summed E-state index contributed by atoms with van der Waals surface area (Å²) in [6, 6.07) is 3.27. The number of hydrogen-bond donors (Lipinski definition) is 2. The second kappa shape index (κ2) is 6.79. The van der Waals surface area contributed by atoms with Crippen LogP contribution < -0.4 is 10.1 Å². The molecule has 1 amide bonds. The quantitative estimate of drug-likeness (QED) is 0.851. The lowest BCUT2D eigenvalue weighted by atomic mass is 10.00. The molecule has 0 unspecified atom stereocenters. The average molecular weight is 306 g/mol. The summed E-state index contributed by atoms with van der Waals surface area (Å²) in [5.41, 5.74) is 3.26. The maximum absolute atomic E-state index is 11.9. The summed E-state index contributed by atoms with van der Waals surface area (Å²) in [6.45, 7) is 5.76. The topological polar surface area (TPSA) is 78.9 Å². The van der Waals surface area contributed by atoms with Crippen LogP contribution in [0.3, 0.4) is 0 Å². The van der Waals surface area contributed by atoms with Crippen LogP contribution in [0.2, 0.25) is 0 Å². The number of piperazine rings is 1. The van der Waals surface area contributed by atoms with Crippen molar-refractivity contribution < 1.29 is 19.4 Å². The van der Waals surface area contributed by atoms with Crippen LogP contribution in [0, 0.1) is 13.8 Å². The predicted octanol–water partition coefficient (Wildman–Crippen LogP) is 1.09. The van der Waals surface area contributed by atoms with Gasteiger partial charge in [-0.15, -0.1) is 0 Å². The third-order valence-corrected chi connectivity index (χ3v) is 4.25. The van der Waals surface area contributed by atoms with Gasteiger partial charge in [0, 0.05) is 19.6 Å². The van der Waals surface area contributed by atoms with Crippen molar-refractivity contribution in [2.75, 3.05) is 20.2 Å². The highest BCUT2D eigenvalue weighted by Gasteiger charge is 2.31. The molecule has 2 N–H and O–H groups in total. The first-order chi connectivity index (χ1) is 10.4. The van der Waals surface area contributed by atoms with Gasteiger partial charge in [-0.2, -0.15) is 0 Å². The lowest BCUT2D eigenvalue weighted by Gasteiger charge is -2.34. The maximum atomic E-state index is 11.9. The summed E-state index contributed by atoms with van der Waals surface area (Å²) in [7, 11) is 1.64. The van der Waals surface area contributed by atoms with Gasteiger partial charge >= 0.3 is 5.97 Å². The van der Waals surface area contributed by atoms with Gasteiger partial charge in [0.05, 0.1) is 13.5 Å². The normalized spacial score (nSPS) is 18.9. The van der Waals surface area contributed by atoms with Gasteiger partial charge in [-0.3, -0.25) is 14.5 Å². The number of nitrogens with one attached hydrogen (secondary N) is 1. The van der Waals surface area contributed by atoms with Crippen molar-refractivity contribution in [2.24, 2.45) is 0 Å². The second-order valence-corrected chi connectivity index (χ2v) is 5.55. The molecule has 1 aromatic carbocycles. The Bertz CT molecular complexity index is 586. The number of nitrogens with zero attached hydrogens (tertiary/aromatic N) is 1. The first-order valence-corrected chi connectivity index (χ1v) is 7.30. The van der Waals surface area contributed by atoms with E-state index in [-0.39, 0.29) is 12.3 Å². The molecule has 1 aliphatic rings. The Hall–Kier alpha value is -2.08. The number of hydrogen-bond acceptors (Lipinski definition) is 4. The van der Waals surface area contributed by atoms with Crippen molar-refractivity contribution in [3.8, 4) is 5.75 Å². The molecule has 0 aromatic heterocycles. The number of carbonyl (C=O) groups is 2. The molecule has 6 heteroatoms. The summed E-state index contributed by atoms with van der Waals surface area (Å²) in [6.07, 6.45) is -0.181. The van der Waals surface area contributed by atoms with Gasteiger partial charge in [0.25, 0.3) is 0 Å². The van der Waals surface area contributed by atoms with Crippen molar-refractivity contribution in [3.63, 3.8) is 0 Å². The van der Waals surface area contributed by atoms with Crippen molar-refractivity contribution in [1.82, 2.24) is 10.2 Å². The highest BCUT2D eigenvalue weighted by molar-refractivity contribution is 5.86. The van der Waals surface area contributed by atoms with Crippen LogP contribution in [-0.2, 0) is 16.1 Å². The van der Waals surface area contributed by atoms with Crippen LogP contribution in [0.1, 0.15) is 23.1 Å². The van der Waals surface area contributed by atoms with Gasteiger partial charge in [0.1, 0.15) is 11.8 Å². The fourth-order valence-corrected chi connectivity index (χ4v) is 2.80. The van der Waals surface area contributed by atoms with E-state index in [0.717, 1.165) is 22.4 Å². The van der Waals surface area contributed by atoms with Crippen LogP contribution in [0.25, 0.3) is 0 Å². The molecule has 1 aliphatic heterocycles. The summed E-state index contributed by atoms with van der Waals surface area (Å²) in [4.78, 5) is 24.9. The highest BCUT2D eigenvalue weighted by Crippen LogP contribution is 2.25. The zero-order valence-corrected chi connectivity index (χ0v) is 13.2. The highest BCUT2D eigenvalue weighted by atomic mass is 16.5. The van der Waals surface area contributed by atoms with Crippen LogP contribution >= 0.6 is 0 Å². The van der Waals surface area contributed by atoms with E-state index in [1.165, 1.54) is 0 Å². The summed E-state index contributed by atoms with van der Waals surface area (Å²) in [5, 5.41) is 11.7. The zero-order valence-electron chi connectivity index (χ0n) is 13.2. The Kier molecular flexibility index (Phi) is 5.03. The molecular formula is C16H22N2O4. The number of benzene rings is 1. The minimum Gasteiger partial charge on any atom is -0.496 e. The number of aliphatic carboxylic acids is 1. The Morgan fingerprint density at radius 1 is 1.41 bits per heavy atom. The van der Waals surface area contributed by atoms with Crippen LogP contribution in [0.5, 0.6) is 5.75 Å². The first kappa shape index (κ1) is 16.3. The molecule has 0 aliphatic carbocycles. The van der Waals surface area contributed by atoms with Gasteiger partial charge in [0.15, 0.2) is 0 Å². The number of carbonyl (C=O) groups excluding carboxylic acids is 1. The molecule has 6 nitrogen and oxygen atoms in total. The van der Waals surface area contributed by atoms with Crippen molar-refractivity contribution >= 4 is 11.9 Å². The number of methoxy groups -OCH3 is 1. The van der Waals surface area contributed by atoms with Gasteiger partial charge in [-0.1, -0.05) is 6.07 Å². The number of rotatable bonds is 5. The SMILES string of the molecule is COc1ccc(CN2CCNC(=O)[C@@H]2CC(=O)O)c(C)c1C. The summed E-state index contributed by atoms with van der Waals surface area (Å²) in [5.74, 6) is -0.342. The lowest BCUT2D eigenvalue weighted by molar-refractivity contribution is -0.143. The largest absolute Gasteiger partial charge is 0.496 e. The summed E-state index contributed by atoms with van der Waals surface area (Å²) >= 11 is 0. The number of ether oxygens (including phenoxy) is 1. The van der Waals surface area contributed by atoms with Crippen molar-refractivity contribution in [1.29, 1.82) is 0 Å². The van der Waals surface area contributed by atoms with E-state index in [4.69, 9.17) is 9.84 Å². The third kappa shape index (κ3) is 3.39. The van der Waals surface area contributed by atoms with Crippen LogP contribution in [-0.4, -0.2) is 48.1 Å². The predicted molar refractivity (Wildman–Crippen MR) is 81.9 cm³/mol. The molecule has 0 radical (unpaired) electrons. The molecule has 1 heterocycles. The molecule has 2 rings (SSSR count). The Balaban J connectivity index is 2.22. The molecule has 1 fully saturated rings. The number of carboxylic acids is 1. The lowest BCUT2D eigenvalue weighted by Crippen LogP contribution is -2.55. The molecule has 1 aromatic rings. The molecule has 0 spiro atoms. The van der Waals surface area contributed by atoms with Gasteiger partial charge < -0.3 is 15.2 Å². The van der Waals surface area contributed by atoms with E-state index in [9.17, 15) is 9.59 Å². The maximum Gasteiger partial charge on any atom is 0.305 e. The molecule has 120 valence electrons. The molecule has 1 saturated heterocycles. The molecule has 1 atom stereocenters. The minimum absolute atomic E-state index is 0.181. The molecule has 0 saturated carbocycles. The van der Waals surface area contributed by atoms with E-state index in [1.807, 2.05) is 30.9 Å². The van der Waals surface area contributed by atoms with Crippen LogP contribution in [0.15, 0.2) is 12.1 Å². The van der Waals surface area contributed by atoms with Gasteiger partial charge in [-0.25, -0.2) is 0 Å². The first-order valence-electron chi connectivity index (χ1n) is 7.30. The standard InChI is InChI=1S/C16H22N2O4/c1-10-11(2)14(22-3)5-4-12(10)9-18-7-6-17-16(21)13(18)8-15(19)20/h4-5,13H,6-9H2,1-3H3,(H,17,21)(H,19,20)/t13-/m0/s1. The van der Waals surface area contributed by atoms with Gasteiger partial charge in [-0.05, 0) is 36.6 Å². The molecule has 22 heavy (non-hydrogen) atoms. The van der Waals surface area contributed by atoms with E-state index >= 15 is 0 Å². The average Bonchev–Trinajstić information content (AvgIpc) is 2.47. The number of carboxylic acid groups (broad SMARTS) is 1. The van der Waals surface area contributed by atoms with E-state index < -0.39 is 12.0 Å². The minimum atomic E-state index is -0.963. The zero-order chi connectivity index (χ0) is 16.3. The van der Waals surface area contributed by atoms with E-state index in [1.54, 1.807) is 7.11 Å². The van der Waals surface area contributed by atoms with Crippen LogP contribution in [0.4, 0.5) is 0 Å². The monoisotopic (exact) mass is 306 g/mol. The molecular weight excluding hydrogens is 284 g/mol. The van der Waals surface area contributed by atoms with E-state index in [0.29, 0.717) is 19.6 Å². The van der Waals surface area contributed by atoms with E-state index in [2.05, 4.69) is 5.32 Å². The summed E-state index contributed by atoms with van der Waals surface area (Å²) < 4.78 is 5.31. The fourth-order valence-electron chi connectivity index (χ4n) is 2.80. The third-order valence-electron chi connectivity index (χ3n) is 4.25. The Morgan fingerprint density at radius 2 is 2.14 bits per heavy atom. The van der Waals surface area contributed by atoms with Gasteiger partial charge in [0.2, 0.25) is 5.91 Å². The van der Waals surface area contributed by atoms with Crippen molar-refractivity contribution in [3.05, 3.63) is 28.8 Å². The second-order valence-electron chi connectivity index (χ2n) is 5.55. The Morgan fingerprint density at radius 3 is 2.77 bits per heavy atom.